The molecule has 0 atom stereocenters. The molecule has 0 aliphatic heterocycles. The zero-order valence-electron chi connectivity index (χ0n) is 16.2. The Labute approximate surface area is 160 Å². The molecule has 3 aromatic rings. The van der Waals surface area contributed by atoms with Crippen LogP contribution in [0.15, 0.2) is 72.8 Å². The van der Waals surface area contributed by atoms with Crippen LogP contribution in [0.1, 0.15) is 40.9 Å². The maximum Gasteiger partial charge on any atom is 0.343 e. The number of rotatable bonds is 5. The molecule has 0 heterocycles. The lowest BCUT2D eigenvalue weighted by atomic mass is 9.78. The maximum absolute atomic E-state index is 12.3. The minimum atomic E-state index is -0.350. The maximum atomic E-state index is 12.3. The van der Waals surface area contributed by atoms with Crippen molar-refractivity contribution in [1.82, 2.24) is 0 Å². The number of esters is 1. The zero-order chi connectivity index (χ0) is 19.4. The van der Waals surface area contributed by atoms with E-state index in [1.54, 1.807) is 19.2 Å². The van der Waals surface area contributed by atoms with E-state index in [2.05, 4.69) is 26.0 Å². The van der Waals surface area contributed by atoms with E-state index >= 15 is 0 Å². The van der Waals surface area contributed by atoms with E-state index in [1.165, 1.54) is 5.56 Å². The Morgan fingerprint density at radius 3 is 1.70 bits per heavy atom. The minimum absolute atomic E-state index is 0.175. The van der Waals surface area contributed by atoms with Crippen molar-refractivity contribution in [3.63, 3.8) is 0 Å². The monoisotopic (exact) mass is 360 g/mol. The van der Waals surface area contributed by atoms with Crippen molar-refractivity contribution < 1.29 is 14.3 Å². The summed E-state index contributed by atoms with van der Waals surface area (Å²) in [6, 6.07) is 23.1. The smallest absolute Gasteiger partial charge is 0.343 e. The average molecular weight is 360 g/mol. The molecule has 0 saturated heterocycles. The molecule has 0 unspecified atom stereocenters. The van der Waals surface area contributed by atoms with Gasteiger partial charge in [0.1, 0.15) is 11.5 Å². The van der Waals surface area contributed by atoms with E-state index in [4.69, 9.17) is 9.47 Å². The quantitative estimate of drug-likeness (QED) is 0.442. The van der Waals surface area contributed by atoms with E-state index in [1.807, 2.05) is 55.5 Å². The fraction of sp³-hybridized carbons (Fsp3) is 0.208. The van der Waals surface area contributed by atoms with Crippen molar-refractivity contribution in [2.75, 3.05) is 7.11 Å². The summed E-state index contributed by atoms with van der Waals surface area (Å²) in [4.78, 5) is 12.3. The first-order chi connectivity index (χ1) is 12.9. The van der Waals surface area contributed by atoms with Crippen molar-refractivity contribution in [3.05, 3.63) is 95.1 Å². The molecule has 0 saturated carbocycles. The zero-order valence-corrected chi connectivity index (χ0v) is 16.2. The molecule has 0 radical (unpaired) electrons. The Morgan fingerprint density at radius 2 is 1.22 bits per heavy atom. The highest BCUT2D eigenvalue weighted by atomic mass is 16.5. The van der Waals surface area contributed by atoms with E-state index < -0.39 is 0 Å². The summed E-state index contributed by atoms with van der Waals surface area (Å²) in [5, 5.41) is 0. The molecule has 3 rings (SSSR count). The fourth-order valence-electron chi connectivity index (χ4n) is 2.97. The molecule has 0 aliphatic carbocycles. The van der Waals surface area contributed by atoms with Gasteiger partial charge in [0.05, 0.1) is 12.7 Å². The highest BCUT2D eigenvalue weighted by Gasteiger charge is 2.23. The van der Waals surface area contributed by atoms with Crippen molar-refractivity contribution in [3.8, 4) is 11.5 Å². The molecular formula is C24H24O3. The number of methoxy groups -OCH3 is 1. The van der Waals surface area contributed by atoms with E-state index in [0.29, 0.717) is 11.3 Å². The minimum Gasteiger partial charge on any atom is -0.497 e. The summed E-state index contributed by atoms with van der Waals surface area (Å²) in [5.74, 6) is 1.03. The molecule has 0 amide bonds. The van der Waals surface area contributed by atoms with Gasteiger partial charge in [0, 0.05) is 5.41 Å². The number of carbonyl (C=O) groups is 1. The van der Waals surface area contributed by atoms with Crippen LogP contribution in [0.5, 0.6) is 11.5 Å². The number of aryl methyl sites for hydroxylation is 1. The van der Waals surface area contributed by atoms with Gasteiger partial charge in [-0.2, -0.15) is 0 Å². The third-order valence-electron chi connectivity index (χ3n) is 4.89. The molecule has 27 heavy (non-hydrogen) atoms. The molecule has 0 aromatic heterocycles. The summed E-state index contributed by atoms with van der Waals surface area (Å²) in [6.45, 7) is 6.32. The number of hydrogen-bond donors (Lipinski definition) is 0. The predicted octanol–water partition coefficient (Wildman–Crippen LogP) is 5.55. The molecule has 0 fully saturated rings. The van der Waals surface area contributed by atoms with E-state index in [9.17, 15) is 4.79 Å². The van der Waals surface area contributed by atoms with Gasteiger partial charge in [0.15, 0.2) is 0 Å². The van der Waals surface area contributed by atoms with Crippen LogP contribution in [0, 0.1) is 6.92 Å². The molecule has 3 aromatic carbocycles. The van der Waals surface area contributed by atoms with Crippen molar-refractivity contribution in [1.29, 1.82) is 0 Å². The van der Waals surface area contributed by atoms with Gasteiger partial charge in [0.25, 0.3) is 0 Å². The summed E-state index contributed by atoms with van der Waals surface area (Å²) < 4.78 is 10.7. The van der Waals surface area contributed by atoms with Crippen molar-refractivity contribution in [2.45, 2.75) is 26.2 Å². The normalized spacial score (nSPS) is 11.1. The fourth-order valence-corrected chi connectivity index (χ4v) is 2.97. The number of benzene rings is 3. The topological polar surface area (TPSA) is 35.5 Å². The first-order valence-corrected chi connectivity index (χ1v) is 8.94. The standard InChI is InChI=1S/C24H24O3/c1-17-5-7-18(8-6-17)23(25)27-22-15-11-20(12-16-22)24(2,3)19-9-13-21(26-4)14-10-19/h5-16H,1-4H3. The molecule has 3 nitrogen and oxygen atoms in total. The van der Waals surface area contributed by atoms with Crippen LogP contribution in [-0.2, 0) is 5.41 Å². The molecule has 3 heteroatoms. The molecule has 0 spiro atoms. The molecular weight excluding hydrogens is 336 g/mol. The third-order valence-corrected chi connectivity index (χ3v) is 4.89. The highest BCUT2D eigenvalue weighted by Crippen LogP contribution is 2.33. The third kappa shape index (κ3) is 4.20. The van der Waals surface area contributed by atoms with Gasteiger partial charge in [-0.15, -0.1) is 0 Å². The lowest BCUT2D eigenvalue weighted by Crippen LogP contribution is -2.18. The van der Waals surface area contributed by atoms with Gasteiger partial charge in [0.2, 0.25) is 0 Å². The summed E-state index contributed by atoms with van der Waals surface area (Å²) in [7, 11) is 1.66. The van der Waals surface area contributed by atoms with Crippen molar-refractivity contribution >= 4 is 5.97 Å². The van der Waals surface area contributed by atoms with Gasteiger partial charge < -0.3 is 9.47 Å². The van der Waals surface area contributed by atoms with Crippen LogP contribution in [0.3, 0.4) is 0 Å². The summed E-state index contributed by atoms with van der Waals surface area (Å²) >= 11 is 0. The van der Waals surface area contributed by atoms with E-state index in [0.717, 1.165) is 16.9 Å². The van der Waals surface area contributed by atoms with Gasteiger partial charge in [-0.1, -0.05) is 55.8 Å². The number of hydrogen-bond acceptors (Lipinski definition) is 3. The van der Waals surface area contributed by atoms with Crippen LogP contribution in [0.25, 0.3) is 0 Å². The van der Waals surface area contributed by atoms with E-state index in [-0.39, 0.29) is 11.4 Å². The Kier molecular flexibility index (Phi) is 5.31. The largest absolute Gasteiger partial charge is 0.497 e. The second-order valence-electron chi connectivity index (χ2n) is 7.13. The average Bonchev–Trinajstić information content (AvgIpc) is 2.69. The first kappa shape index (κ1) is 18.7. The lowest BCUT2D eigenvalue weighted by Gasteiger charge is -2.26. The Hall–Kier alpha value is -3.07. The number of ether oxygens (including phenoxy) is 2. The number of carbonyl (C=O) groups excluding carboxylic acids is 1. The van der Waals surface area contributed by atoms with Crippen LogP contribution >= 0.6 is 0 Å². The molecule has 138 valence electrons. The van der Waals surface area contributed by atoms with Gasteiger partial charge in [-0.25, -0.2) is 4.79 Å². The summed E-state index contributed by atoms with van der Waals surface area (Å²) in [5.41, 5.74) is 3.81. The SMILES string of the molecule is COc1ccc(C(C)(C)c2ccc(OC(=O)c3ccc(C)cc3)cc2)cc1. The molecule has 0 aliphatic rings. The Bertz CT molecular complexity index is 905. The highest BCUT2D eigenvalue weighted by molar-refractivity contribution is 5.91. The molecule has 0 N–H and O–H groups in total. The van der Waals surface area contributed by atoms with Gasteiger partial charge >= 0.3 is 5.97 Å². The second-order valence-corrected chi connectivity index (χ2v) is 7.13. The lowest BCUT2D eigenvalue weighted by molar-refractivity contribution is 0.0734. The van der Waals surface area contributed by atoms with Crippen LogP contribution in [0.4, 0.5) is 0 Å². The van der Waals surface area contributed by atoms with Crippen LogP contribution in [0.2, 0.25) is 0 Å². The Morgan fingerprint density at radius 1 is 0.741 bits per heavy atom. The first-order valence-electron chi connectivity index (χ1n) is 8.94. The molecule has 0 bridgehead atoms. The van der Waals surface area contributed by atoms with Gasteiger partial charge in [-0.05, 0) is 54.4 Å². The van der Waals surface area contributed by atoms with Crippen LogP contribution < -0.4 is 9.47 Å². The van der Waals surface area contributed by atoms with Crippen molar-refractivity contribution in [2.24, 2.45) is 0 Å². The summed E-state index contributed by atoms with van der Waals surface area (Å²) in [6.07, 6.45) is 0. The Balaban J connectivity index is 1.75. The van der Waals surface area contributed by atoms with Crippen LogP contribution in [-0.4, -0.2) is 13.1 Å². The van der Waals surface area contributed by atoms with Gasteiger partial charge in [-0.3, -0.25) is 0 Å². The predicted molar refractivity (Wildman–Crippen MR) is 108 cm³/mol. The second kappa shape index (κ2) is 7.67.